The largest absolute Gasteiger partial charge is 0.0837 e. The Kier molecular flexibility index (Phi) is 2.19. The number of hydrogen-bond donors (Lipinski definition) is 0. The van der Waals surface area contributed by atoms with Gasteiger partial charge in [-0.25, -0.2) is 0 Å². The minimum Gasteiger partial charge on any atom is -0.0837 e. The molecule has 0 unspecified atom stereocenters. The van der Waals surface area contributed by atoms with Gasteiger partial charge in [0.05, 0.1) is 0 Å². The van der Waals surface area contributed by atoms with Crippen molar-refractivity contribution in [2.75, 3.05) is 0 Å². The summed E-state index contributed by atoms with van der Waals surface area (Å²) in [6.07, 6.45) is 5.31. The van der Waals surface area contributed by atoms with Crippen LogP contribution in [0.5, 0.6) is 0 Å². The highest BCUT2D eigenvalue weighted by Gasteiger charge is 2.18. The minimum absolute atomic E-state index is 0.182. The number of allylic oxidation sites excluding steroid dienone is 1. The average Bonchev–Trinajstić information content (AvgIpc) is 2.50. The Morgan fingerprint density at radius 2 is 1.93 bits per heavy atom. The van der Waals surface area contributed by atoms with Crippen molar-refractivity contribution in [2.24, 2.45) is 0 Å². The third kappa shape index (κ3) is 1.59. The lowest BCUT2D eigenvalue weighted by Crippen LogP contribution is -2.11. The van der Waals surface area contributed by atoms with Crippen molar-refractivity contribution >= 4 is 17.7 Å². The normalized spacial score (nSPS) is 14.6. The summed E-state index contributed by atoms with van der Waals surface area (Å²) in [5.41, 5.74) is 4.08. The Hall–Kier alpha value is -0.750. The summed E-state index contributed by atoms with van der Waals surface area (Å²) in [5, 5.41) is 0.890. The Morgan fingerprint density at radius 3 is 2.57 bits per heavy atom. The fraction of sp³-hybridized carbons (Fsp3) is 0.385. The van der Waals surface area contributed by atoms with Crippen LogP contribution in [-0.2, 0) is 11.8 Å². The molecule has 0 saturated heterocycles. The lowest BCUT2D eigenvalue weighted by atomic mass is 9.85. The van der Waals surface area contributed by atoms with E-state index < -0.39 is 0 Å². The van der Waals surface area contributed by atoms with Gasteiger partial charge >= 0.3 is 0 Å². The van der Waals surface area contributed by atoms with Crippen LogP contribution in [0.1, 0.15) is 37.5 Å². The number of hydrogen-bond acceptors (Lipinski definition) is 0. The maximum atomic E-state index is 6.23. The molecule has 1 aliphatic carbocycles. The summed E-state index contributed by atoms with van der Waals surface area (Å²) < 4.78 is 0. The highest BCUT2D eigenvalue weighted by atomic mass is 35.5. The van der Waals surface area contributed by atoms with Crippen molar-refractivity contribution in [1.29, 1.82) is 0 Å². The van der Waals surface area contributed by atoms with E-state index in [1.807, 2.05) is 0 Å². The molecule has 14 heavy (non-hydrogen) atoms. The van der Waals surface area contributed by atoms with Crippen molar-refractivity contribution in [3.63, 3.8) is 0 Å². The Balaban J connectivity index is 2.55. The Morgan fingerprint density at radius 1 is 1.21 bits per heavy atom. The van der Waals surface area contributed by atoms with E-state index in [9.17, 15) is 0 Å². The second kappa shape index (κ2) is 3.13. The standard InChI is InChI=1S/C13H15Cl/c1-13(2,3)10-7-9-5-4-6-11(9)12(14)8-10/h4,6-8H,5H2,1-3H3. The van der Waals surface area contributed by atoms with Crippen molar-refractivity contribution in [2.45, 2.75) is 32.6 Å². The lowest BCUT2D eigenvalue weighted by Gasteiger charge is -2.20. The molecule has 1 aromatic rings. The molecule has 0 fully saturated rings. The van der Waals surface area contributed by atoms with E-state index in [1.165, 1.54) is 16.7 Å². The van der Waals surface area contributed by atoms with Crippen LogP contribution in [0.25, 0.3) is 6.08 Å². The number of fused-ring (bicyclic) bond motifs is 1. The van der Waals surface area contributed by atoms with Crippen LogP contribution in [0, 0.1) is 0 Å². The minimum atomic E-state index is 0.182. The molecule has 0 aromatic heterocycles. The molecule has 1 aliphatic rings. The molecule has 0 saturated carbocycles. The van der Waals surface area contributed by atoms with Crippen molar-refractivity contribution in [1.82, 2.24) is 0 Å². The molecule has 0 N–H and O–H groups in total. The van der Waals surface area contributed by atoms with Crippen LogP contribution < -0.4 is 0 Å². The first-order valence-electron chi connectivity index (χ1n) is 4.98. The van der Waals surface area contributed by atoms with Gasteiger partial charge in [-0.1, -0.05) is 50.6 Å². The first kappa shape index (κ1) is 9.79. The van der Waals surface area contributed by atoms with Crippen molar-refractivity contribution in [3.8, 4) is 0 Å². The maximum absolute atomic E-state index is 6.23. The van der Waals surface area contributed by atoms with Crippen LogP contribution in [-0.4, -0.2) is 0 Å². The van der Waals surface area contributed by atoms with E-state index >= 15 is 0 Å². The molecule has 0 spiro atoms. The Labute approximate surface area is 90.6 Å². The van der Waals surface area contributed by atoms with Crippen LogP contribution in [0.3, 0.4) is 0 Å². The summed E-state index contributed by atoms with van der Waals surface area (Å²) in [7, 11) is 0. The van der Waals surface area contributed by atoms with Gasteiger partial charge in [0.25, 0.3) is 0 Å². The quantitative estimate of drug-likeness (QED) is 0.597. The van der Waals surface area contributed by atoms with Crippen molar-refractivity contribution < 1.29 is 0 Å². The molecular formula is C13H15Cl. The molecule has 0 amide bonds. The molecule has 0 radical (unpaired) electrons. The highest BCUT2D eigenvalue weighted by molar-refractivity contribution is 6.32. The third-order valence-corrected chi connectivity index (χ3v) is 3.02. The summed E-state index contributed by atoms with van der Waals surface area (Å²) in [6.45, 7) is 6.65. The van der Waals surface area contributed by atoms with Crippen LogP contribution in [0.15, 0.2) is 18.2 Å². The molecule has 2 rings (SSSR count). The van der Waals surface area contributed by atoms with Crippen LogP contribution >= 0.6 is 11.6 Å². The molecule has 0 bridgehead atoms. The zero-order valence-electron chi connectivity index (χ0n) is 8.89. The predicted molar refractivity (Wildman–Crippen MR) is 62.9 cm³/mol. The smallest absolute Gasteiger partial charge is 0.0484 e. The summed E-state index contributed by atoms with van der Waals surface area (Å²) in [4.78, 5) is 0. The summed E-state index contributed by atoms with van der Waals surface area (Å²) in [5.74, 6) is 0. The molecule has 0 aliphatic heterocycles. The molecule has 0 nitrogen and oxygen atoms in total. The first-order chi connectivity index (χ1) is 6.48. The number of benzene rings is 1. The van der Waals surface area contributed by atoms with E-state index in [1.54, 1.807) is 0 Å². The van der Waals surface area contributed by atoms with Gasteiger partial charge in [0.15, 0.2) is 0 Å². The average molecular weight is 207 g/mol. The van der Waals surface area contributed by atoms with Crippen LogP contribution in [0.2, 0.25) is 5.02 Å². The van der Waals surface area contributed by atoms with Gasteiger partial charge in [0.2, 0.25) is 0 Å². The number of rotatable bonds is 0. The molecule has 1 aromatic carbocycles. The van der Waals surface area contributed by atoms with Gasteiger partial charge in [-0.15, -0.1) is 0 Å². The monoisotopic (exact) mass is 206 g/mol. The van der Waals surface area contributed by atoms with Gasteiger partial charge in [0.1, 0.15) is 0 Å². The second-order valence-corrected chi connectivity index (χ2v) is 5.29. The second-order valence-electron chi connectivity index (χ2n) is 4.89. The van der Waals surface area contributed by atoms with Crippen LogP contribution in [0.4, 0.5) is 0 Å². The Bertz CT molecular complexity index is 394. The van der Waals surface area contributed by atoms with E-state index in [-0.39, 0.29) is 5.41 Å². The molecular weight excluding hydrogens is 192 g/mol. The van der Waals surface area contributed by atoms with Crippen molar-refractivity contribution in [3.05, 3.63) is 39.9 Å². The first-order valence-corrected chi connectivity index (χ1v) is 5.36. The molecule has 0 atom stereocenters. The van der Waals surface area contributed by atoms with Gasteiger partial charge in [-0.3, -0.25) is 0 Å². The topological polar surface area (TPSA) is 0 Å². The maximum Gasteiger partial charge on any atom is 0.0484 e. The molecule has 0 heterocycles. The fourth-order valence-electron chi connectivity index (χ4n) is 1.77. The van der Waals surface area contributed by atoms with Gasteiger partial charge in [-0.2, -0.15) is 0 Å². The number of halogens is 1. The van der Waals surface area contributed by atoms with E-state index in [2.05, 4.69) is 45.1 Å². The highest BCUT2D eigenvalue weighted by Crippen LogP contribution is 2.33. The SMILES string of the molecule is CC(C)(C)c1cc(Cl)c2c(c1)CC=C2. The van der Waals surface area contributed by atoms with E-state index in [4.69, 9.17) is 11.6 Å². The molecule has 74 valence electrons. The van der Waals surface area contributed by atoms with Gasteiger partial charge in [-0.05, 0) is 34.6 Å². The summed E-state index contributed by atoms with van der Waals surface area (Å²) >= 11 is 6.23. The van der Waals surface area contributed by atoms with E-state index in [0.717, 1.165) is 11.4 Å². The van der Waals surface area contributed by atoms with Gasteiger partial charge in [0, 0.05) is 5.02 Å². The zero-order valence-corrected chi connectivity index (χ0v) is 9.65. The summed E-state index contributed by atoms with van der Waals surface area (Å²) in [6, 6.07) is 4.37. The van der Waals surface area contributed by atoms with Gasteiger partial charge < -0.3 is 0 Å². The lowest BCUT2D eigenvalue weighted by molar-refractivity contribution is 0.589. The molecule has 1 heteroatoms. The predicted octanol–water partition coefficient (Wildman–Crippen LogP) is 4.21. The zero-order chi connectivity index (χ0) is 10.3. The fourth-order valence-corrected chi connectivity index (χ4v) is 2.07. The van der Waals surface area contributed by atoms with E-state index in [0.29, 0.717) is 0 Å². The third-order valence-electron chi connectivity index (χ3n) is 2.70.